The first-order chi connectivity index (χ1) is 6.75. The van der Waals surface area contributed by atoms with E-state index in [1.807, 2.05) is 12.3 Å². The van der Waals surface area contributed by atoms with Crippen LogP contribution in [0.4, 0.5) is 11.5 Å². The number of nitrogens with zero attached hydrogens (tertiary/aromatic N) is 1. The van der Waals surface area contributed by atoms with Crippen molar-refractivity contribution < 1.29 is 0 Å². The third-order valence-electron chi connectivity index (χ3n) is 2.44. The highest BCUT2D eigenvalue weighted by atomic mass is 15.1. The van der Waals surface area contributed by atoms with Gasteiger partial charge in [0, 0.05) is 18.8 Å². The lowest BCUT2D eigenvalue weighted by Crippen LogP contribution is -2.34. The molecule has 0 saturated heterocycles. The van der Waals surface area contributed by atoms with Gasteiger partial charge in [-0.05, 0) is 24.5 Å². The van der Waals surface area contributed by atoms with Gasteiger partial charge >= 0.3 is 0 Å². The van der Waals surface area contributed by atoms with Gasteiger partial charge in [-0.1, -0.05) is 13.8 Å². The van der Waals surface area contributed by atoms with Crippen LogP contribution >= 0.6 is 0 Å². The number of nitrogens with one attached hydrogen (secondary N) is 2. The molecule has 1 aliphatic heterocycles. The van der Waals surface area contributed by atoms with Crippen molar-refractivity contribution in [3.63, 3.8) is 0 Å². The summed E-state index contributed by atoms with van der Waals surface area (Å²) in [6.45, 7) is 5.49. The second-order valence-corrected chi connectivity index (χ2v) is 4.25. The molecule has 0 amide bonds. The Hall–Kier alpha value is -1.25. The first-order valence-electron chi connectivity index (χ1n) is 5.21. The molecule has 0 aliphatic carbocycles. The highest BCUT2D eigenvalue weighted by Crippen LogP contribution is 2.24. The lowest BCUT2D eigenvalue weighted by atomic mass is 10.0. The van der Waals surface area contributed by atoms with E-state index in [9.17, 15) is 0 Å². The number of hydrogen-bond acceptors (Lipinski definition) is 3. The van der Waals surface area contributed by atoms with Crippen LogP contribution < -0.4 is 10.6 Å². The van der Waals surface area contributed by atoms with E-state index in [4.69, 9.17) is 0 Å². The zero-order valence-corrected chi connectivity index (χ0v) is 8.75. The topological polar surface area (TPSA) is 37.0 Å². The van der Waals surface area contributed by atoms with Crippen LogP contribution in [0.25, 0.3) is 0 Å². The maximum absolute atomic E-state index is 4.30. The van der Waals surface area contributed by atoms with Crippen LogP contribution in [-0.4, -0.2) is 17.6 Å². The fourth-order valence-corrected chi connectivity index (χ4v) is 1.85. The van der Waals surface area contributed by atoms with Gasteiger partial charge in [-0.2, -0.15) is 0 Å². The minimum Gasteiger partial charge on any atom is -0.380 e. The number of fused-ring (bicyclic) bond motifs is 1. The lowest BCUT2D eigenvalue weighted by Gasteiger charge is -2.28. The van der Waals surface area contributed by atoms with Gasteiger partial charge in [-0.3, -0.25) is 0 Å². The predicted molar refractivity (Wildman–Crippen MR) is 59.6 cm³/mol. The highest BCUT2D eigenvalue weighted by Gasteiger charge is 2.17. The predicted octanol–water partition coefficient (Wildman–Crippen LogP) is 2.33. The molecule has 1 aromatic heterocycles. The number of aromatic nitrogens is 1. The van der Waals surface area contributed by atoms with Crippen molar-refractivity contribution in [2.24, 2.45) is 5.92 Å². The van der Waals surface area contributed by atoms with Gasteiger partial charge in [-0.25, -0.2) is 4.98 Å². The van der Waals surface area contributed by atoms with E-state index < -0.39 is 0 Å². The molecule has 14 heavy (non-hydrogen) atoms. The van der Waals surface area contributed by atoms with Crippen molar-refractivity contribution in [1.82, 2.24) is 4.98 Å². The molecule has 1 aliphatic rings. The molecule has 2 N–H and O–H groups in total. The molecule has 76 valence electrons. The fourth-order valence-electron chi connectivity index (χ4n) is 1.85. The van der Waals surface area contributed by atoms with Crippen LogP contribution in [0.15, 0.2) is 18.3 Å². The molecule has 1 aromatic rings. The average molecular weight is 191 g/mol. The Kier molecular flexibility index (Phi) is 2.57. The third-order valence-corrected chi connectivity index (χ3v) is 2.44. The van der Waals surface area contributed by atoms with Gasteiger partial charge in [0.2, 0.25) is 0 Å². The van der Waals surface area contributed by atoms with E-state index in [0.29, 0.717) is 6.04 Å². The summed E-state index contributed by atoms with van der Waals surface area (Å²) in [5.74, 6) is 1.71. The van der Waals surface area contributed by atoms with Gasteiger partial charge in [0.05, 0.1) is 5.69 Å². The summed E-state index contributed by atoms with van der Waals surface area (Å²) < 4.78 is 0. The van der Waals surface area contributed by atoms with Crippen LogP contribution in [-0.2, 0) is 0 Å². The van der Waals surface area contributed by atoms with Crippen LogP contribution in [0.1, 0.15) is 20.3 Å². The Morgan fingerprint density at radius 3 is 3.21 bits per heavy atom. The molecule has 1 unspecified atom stereocenters. The van der Waals surface area contributed by atoms with Gasteiger partial charge in [0.15, 0.2) is 0 Å². The van der Waals surface area contributed by atoms with E-state index in [0.717, 1.165) is 24.0 Å². The zero-order valence-electron chi connectivity index (χ0n) is 8.75. The number of hydrogen-bond donors (Lipinski definition) is 2. The third kappa shape index (κ3) is 1.97. The standard InChI is InChI=1S/C11H17N3/c1-8(2)6-9-7-13-10-4-3-5-12-11(10)14-9/h3-5,8-9,13H,6-7H2,1-2H3,(H,12,14). The molecule has 0 aromatic carbocycles. The van der Waals surface area contributed by atoms with Crippen LogP contribution in [0.3, 0.4) is 0 Å². The summed E-state index contributed by atoms with van der Waals surface area (Å²) in [6, 6.07) is 4.52. The monoisotopic (exact) mass is 191 g/mol. The lowest BCUT2D eigenvalue weighted by molar-refractivity contribution is 0.524. The van der Waals surface area contributed by atoms with Crippen molar-refractivity contribution in [2.45, 2.75) is 26.3 Å². The van der Waals surface area contributed by atoms with Crippen molar-refractivity contribution in [2.75, 3.05) is 17.2 Å². The van der Waals surface area contributed by atoms with E-state index in [2.05, 4.69) is 35.5 Å². The molecule has 0 fully saturated rings. The largest absolute Gasteiger partial charge is 0.380 e. The van der Waals surface area contributed by atoms with Crippen molar-refractivity contribution in [1.29, 1.82) is 0 Å². The Morgan fingerprint density at radius 2 is 2.43 bits per heavy atom. The molecule has 0 saturated carbocycles. The normalized spacial score (nSPS) is 19.8. The first kappa shape index (κ1) is 9.31. The number of pyridine rings is 1. The summed E-state index contributed by atoms with van der Waals surface area (Å²) in [5, 5.41) is 6.85. The van der Waals surface area contributed by atoms with Crippen LogP contribution in [0.2, 0.25) is 0 Å². The molecule has 2 rings (SSSR count). The van der Waals surface area contributed by atoms with Gasteiger partial charge in [-0.15, -0.1) is 0 Å². The average Bonchev–Trinajstić information content (AvgIpc) is 2.17. The number of rotatable bonds is 2. The van der Waals surface area contributed by atoms with E-state index >= 15 is 0 Å². The van der Waals surface area contributed by atoms with Crippen LogP contribution in [0.5, 0.6) is 0 Å². The molecule has 3 heteroatoms. The summed E-state index contributed by atoms with van der Waals surface area (Å²) >= 11 is 0. The molecular formula is C11H17N3. The second-order valence-electron chi connectivity index (χ2n) is 4.25. The molecule has 0 bridgehead atoms. The van der Waals surface area contributed by atoms with Gasteiger partial charge in [0.1, 0.15) is 5.82 Å². The SMILES string of the molecule is CC(C)CC1CNc2cccnc2N1. The zero-order chi connectivity index (χ0) is 9.97. The smallest absolute Gasteiger partial charge is 0.149 e. The summed E-state index contributed by atoms with van der Waals surface area (Å²) in [6.07, 6.45) is 3.01. The minimum atomic E-state index is 0.511. The number of anilines is 2. The van der Waals surface area contributed by atoms with Crippen LogP contribution in [0, 0.1) is 5.92 Å². The van der Waals surface area contributed by atoms with Gasteiger partial charge < -0.3 is 10.6 Å². The Bertz CT molecular complexity index is 309. The Morgan fingerprint density at radius 1 is 1.57 bits per heavy atom. The summed E-state index contributed by atoms with van der Waals surface area (Å²) in [4.78, 5) is 4.30. The molecule has 1 atom stereocenters. The summed E-state index contributed by atoms with van der Waals surface area (Å²) in [5.41, 5.74) is 1.12. The highest BCUT2D eigenvalue weighted by molar-refractivity contribution is 5.66. The van der Waals surface area contributed by atoms with Gasteiger partial charge in [0.25, 0.3) is 0 Å². The fraction of sp³-hybridized carbons (Fsp3) is 0.545. The maximum Gasteiger partial charge on any atom is 0.149 e. The molecule has 0 spiro atoms. The maximum atomic E-state index is 4.30. The Balaban J connectivity index is 2.06. The van der Waals surface area contributed by atoms with E-state index in [1.165, 1.54) is 6.42 Å². The second kappa shape index (κ2) is 3.86. The van der Waals surface area contributed by atoms with Crippen molar-refractivity contribution >= 4 is 11.5 Å². The molecule has 3 nitrogen and oxygen atoms in total. The first-order valence-corrected chi connectivity index (χ1v) is 5.21. The molecule has 2 heterocycles. The minimum absolute atomic E-state index is 0.511. The molecular weight excluding hydrogens is 174 g/mol. The van der Waals surface area contributed by atoms with Crippen molar-refractivity contribution in [3.05, 3.63) is 18.3 Å². The Labute approximate surface area is 84.9 Å². The van der Waals surface area contributed by atoms with Crippen molar-refractivity contribution in [3.8, 4) is 0 Å². The summed E-state index contributed by atoms with van der Waals surface area (Å²) in [7, 11) is 0. The van der Waals surface area contributed by atoms with E-state index in [-0.39, 0.29) is 0 Å². The quantitative estimate of drug-likeness (QED) is 0.753. The van der Waals surface area contributed by atoms with E-state index in [1.54, 1.807) is 0 Å². The molecule has 0 radical (unpaired) electrons.